The molecule has 4 aromatic rings. The van der Waals surface area contributed by atoms with E-state index in [0.717, 1.165) is 19.0 Å². The van der Waals surface area contributed by atoms with Crippen LogP contribution in [0.3, 0.4) is 0 Å². The van der Waals surface area contributed by atoms with Crippen molar-refractivity contribution in [3.63, 3.8) is 0 Å². The summed E-state index contributed by atoms with van der Waals surface area (Å²) in [6, 6.07) is 32.9. The number of anilines is 1. The van der Waals surface area contributed by atoms with Gasteiger partial charge in [0.2, 0.25) is 11.8 Å². The highest BCUT2D eigenvalue weighted by Gasteiger charge is 2.34. The lowest BCUT2D eigenvalue weighted by Crippen LogP contribution is -2.54. The molecular formula is C33H34IN3O4S. The van der Waals surface area contributed by atoms with E-state index < -0.39 is 28.5 Å². The van der Waals surface area contributed by atoms with Crippen LogP contribution in [0.1, 0.15) is 25.0 Å². The van der Waals surface area contributed by atoms with Gasteiger partial charge in [-0.15, -0.1) is 0 Å². The third-order valence-corrected chi connectivity index (χ3v) is 9.13. The number of halogens is 1. The Bertz CT molecular complexity index is 1570. The number of carbonyl (C=O) groups excluding carboxylic acids is 2. The van der Waals surface area contributed by atoms with E-state index in [9.17, 15) is 18.0 Å². The van der Waals surface area contributed by atoms with Crippen molar-refractivity contribution in [2.75, 3.05) is 10.8 Å². The largest absolute Gasteiger partial charge is 0.352 e. The summed E-state index contributed by atoms with van der Waals surface area (Å²) < 4.78 is 29.9. The molecule has 0 aliphatic rings. The highest BCUT2D eigenvalue weighted by atomic mass is 127. The predicted molar refractivity (Wildman–Crippen MR) is 174 cm³/mol. The molecule has 1 N–H and O–H groups in total. The third-order valence-electron chi connectivity index (χ3n) is 6.62. The monoisotopic (exact) mass is 695 g/mol. The number of hydrogen-bond acceptors (Lipinski definition) is 4. The van der Waals surface area contributed by atoms with Crippen LogP contribution >= 0.6 is 22.6 Å². The summed E-state index contributed by atoms with van der Waals surface area (Å²) in [5, 5.41) is 2.97. The summed E-state index contributed by atoms with van der Waals surface area (Å²) in [5.74, 6) is -0.790. The van der Waals surface area contributed by atoms with E-state index in [-0.39, 0.29) is 29.8 Å². The molecule has 218 valence electrons. The average molecular weight is 696 g/mol. The second-order valence-electron chi connectivity index (χ2n) is 10.2. The summed E-state index contributed by atoms with van der Waals surface area (Å²) in [6.07, 6.45) is 0.271. The molecule has 1 unspecified atom stereocenters. The fraction of sp³-hybridized carbons (Fsp3) is 0.212. The number of amides is 2. The van der Waals surface area contributed by atoms with Crippen molar-refractivity contribution in [3.05, 3.63) is 130 Å². The van der Waals surface area contributed by atoms with Crippen LogP contribution in [0.5, 0.6) is 0 Å². The van der Waals surface area contributed by atoms with Gasteiger partial charge in [-0.2, -0.15) is 0 Å². The molecular weight excluding hydrogens is 661 g/mol. The number of hydrogen-bond donors (Lipinski definition) is 1. The van der Waals surface area contributed by atoms with Crippen molar-refractivity contribution in [3.8, 4) is 0 Å². The molecule has 0 bridgehead atoms. The number of nitrogens with zero attached hydrogens (tertiary/aromatic N) is 2. The van der Waals surface area contributed by atoms with E-state index in [0.29, 0.717) is 5.69 Å². The molecule has 4 rings (SSSR count). The number of carbonyl (C=O) groups is 2. The molecule has 0 saturated heterocycles. The van der Waals surface area contributed by atoms with Gasteiger partial charge in [0.15, 0.2) is 0 Å². The van der Waals surface area contributed by atoms with Gasteiger partial charge in [-0.25, -0.2) is 8.42 Å². The smallest absolute Gasteiger partial charge is 0.264 e. The van der Waals surface area contributed by atoms with Crippen LogP contribution in [-0.4, -0.2) is 43.8 Å². The second kappa shape index (κ2) is 14.5. The zero-order valence-corrected chi connectivity index (χ0v) is 26.5. The second-order valence-corrected chi connectivity index (χ2v) is 13.3. The lowest BCUT2D eigenvalue weighted by molar-refractivity contribution is -0.140. The Hall–Kier alpha value is -3.70. The third kappa shape index (κ3) is 8.19. The molecule has 7 nitrogen and oxygen atoms in total. The standard InChI is InChI=1S/C33H34IN3O4S/c1-25(2)35-33(39)31(22-26-12-6-3-7-13-26)36(23-27-14-8-4-9-15-27)32(38)24-37(29-20-18-28(34)19-21-29)42(40,41)30-16-10-5-11-17-30/h3-21,25,31H,22-24H2,1-2H3,(H,35,39). The zero-order chi connectivity index (χ0) is 30.1. The lowest BCUT2D eigenvalue weighted by Gasteiger charge is -2.34. The molecule has 9 heteroatoms. The minimum absolute atomic E-state index is 0.0735. The van der Waals surface area contributed by atoms with Crippen molar-refractivity contribution >= 4 is 50.1 Å². The van der Waals surface area contributed by atoms with Crippen LogP contribution < -0.4 is 9.62 Å². The van der Waals surface area contributed by atoms with E-state index in [1.165, 1.54) is 17.0 Å². The summed E-state index contributed by atoms with van der Waals surface area (Å²) in [7, 11) is -4.11. The van der Waals surface area contributed by atoms with Crippen LogP contribution in [0, 0.1) is 3.57 Å². The number of rotatable bonds is 12. The Morgan fingerprint density at radius 2 is 1.29 bits per heavy atom. The highest BCUT2D eigenvalue weighted by Crippen LogP contribution is 2.26. The van der Waals surface area contributed by atoms with E-state index in [4.69, 9.17) is 0 Å². The van der Waals surface area contributed by atoms with Gasteiger partial charge < -0.3 is 10.2 Å². The Labute approximate surface area is 261 Å². The fourth-order valence-corrected chi connectivity index (χ4v) is 6.37. The first-order valence-electron chi connectivity index (χ1n) is 13.7. The Morgan fingerprint density at radius 3 is 1.83 bits per heavy atom. The van der Waals surface area contributed by atoms with Gasteiger partial charge in [0.05, 0.1) is 10.6 Å². The summed E-state index contributed by atoms with van der Waals surface area (Å²) in [4.78, 5) is 29.6. The van der Waals surface area contributed by atoms with Crippen LogP contribution in [0.2, 0.25) is 0 Å². The van der Waals surface area contributed by atoms with E-state index in [1.54, 1.807) is 42.5 Å². The van der Waals surface area contributed by atoms with Gasteiger partial charge in [0, 0.05) is 22.6 Å². The van der Waals surface area contributed by atoms with Crippen molar-refractivity contribution in [2.45, 2.75) is 43.8 Å². The number of benzene rings is 4. The van der Waals surface area contributed by atoms with Crippen LogP contribution in [0.25, 0.3) is 0 Å². The number of nitrogens with one attached hydrogen (secondary N) is 1. The van der Waals surface area contributed by atoms with Gasteiger partial charge in [0.1, 0.15) is 12.6 Å². The van der Waals surface area contributed by atoms with Crippen molar-refractivity contribution in [1.29, 1.82) is 0 Å². The first kappa shape index (κ1) is 31.2. The van der Waals surface area contributed by atoms with Crippen LogP contribution in [0.4, 0.5) is 5.69 Å². The molecule has 1 atom stereocenters. The summed E-state index contributed by atoms with van der Waals surface area (Å²) in [5.41, 5.74) is 2.07. The highest BCUT2D eigenvalue weighted by molar-refractivity contribution is 14.1. The number of sulfonamides is 1. The van der Waals surface area contributed by atoms with Crippen LogP contribution in [0.15, 0.2) is 120 Å². The molecule has 0 heterocycles. The van der Waals surface area contributed by atoms with Gasteiger partial charge in [-0.05, 0) is 84.0 Å². The molecule has 4 aromatic carbocycles. The topological polar surface area (TPSA) is 86.8 Å². The lowest BCUT2D eigenvalue weighted by atomic mass is 10.0. The summed E-state index contributed by atoms with van der Waals surface area (Å²) >= 11 is 2.15. The van der Waals surface area contributed by atoms with Gasteiger partial charge >= 0.3 is 0 Å². The van der Waals surface area contributed by atoms with E-state index in [2.05, 4.69) is 27.9 Å². The molecule has 0 radical (unpaired) electrons. The maximum atomic E-state index is 14.3. The molecule has 0 saturated carbocycles. The Balaban J connectivity index is 1.78. The van der Waals surface area contributed by atoms with Crippen molar-refractivity contribution in [1.82, 2.24) is 10.2 Å². The molecule has 0 aromatic heterocycles. The first-order valence-corrected chi connectivity index (χ1v) is 16.2. The average Bonchev–Trinajstić information content (AvgIpc) is 2.99. The fourth-order valence-electron chi connectivity index (χ4n) is 4.57. The molecule has 0 fully saturated rings. The Morgan fingerprint density at radius 1 is 0.762 bits per heavy atom. The van der Waals surface area contributed by atoms with E-state index in [1.807, 2.05) is 74.5 Å². The Kier molecular flexibility index (Phi) is 10.8. The zero-order valence-electron chi connectivity index (χ0n) is 23.6. The minimum Gasteiger partial charge on any atom is -0.352 e. The SMILES string of the molecule is CC(C)NC(=O)C(Cc1ccccc1)N(Cc1ccccc1)C(=O)CN(c1ccc(I)cc1)S(=O)(=O)c1ccccc1. The van der Waals surface area contributed by atoms with Crippen molar-refractivity contribution in [2.24, 2.45) is 0 Å². The van der Waals surface area contributed by atoms with Gasteiger partial charge in [-0.3, -0.25) is 13.9 Å². The maximum absolute atomic E-state index is 14.3. The minimum atomic E-state index is -4.11. The molecule has 0 aliphatic heterocycles. The van der Waals surface area contributed by atoms with Crippen LogP contribution in [-0.2, 0) is 32.6 Å². The molecule has 2 amide bonds. The summed E-state index contributed by atoms with van der Waals surface area (Å²) in [6.45, 7) is 3.39. The molecule has 0 spiro atoms. The van der Waals surface area contributed by atoms with Gasteiger partial charge in [0.25, 0.3) is 10.0 Å². The quantitative estimate of drug-likeness (QED) is 0.194. The van der Waals surface area contributed by atoms with Crippen molar-refractivity contribution < 1.29 is 18.0 Å². The molecule has 0 aliphatic carbocycles. The molecule has 42 heavy (non-hydrogen) atoms. The normalized spacial score (nSPS) is 12.0. The van der Waals surface area contributed by atoms with E-state index >= 15 is 0 Å². The first-order chi connectivity index (χ1) is 20.1. The van der Waals surface area contributed by atoms with Gasteiger partial charge in [-0.1, -0.05) is 78.9 Å². The maximum Gasteiger partial charge on any atom is 0.264 e. The predicted octanol–water partition coefficient (Wildman–Crippen LogP) is 5.65.